The molecule has 0 aliphatic carbocycles. The molecule has 25 heavy (non-hydrogen) atoms. The van der Waals surface area contributed by atoms with Crippen LogP contribution in [0.4, 0.5) is 10.1 Å². The third-order valence-electron chi connectivity index (χ3n) is 4.14. The van der Waals surface area contributed by atoms with E-state index in [1.807, 2.05) is 6.07 Å². The number of hydrogen-bond donors (Lipinski definition) is 1. The molecule has 2 heterocycles. The SMILES string of the molecule is CC(=O)Nc1ccc(F)c(C(=O)N2CCN(Cc3cccs3)CC2)c1. The van der Waals surface area contributed by atoms with Gasteiger partial charge >= 0.3 is 0 Å². The highest BCUT2D eigenvalue weighted by molar-refractivity contribution is 7.09. The van der Waals surface area contributed by atoms with Gasteiger partial charge in [-0.1, -0.05) is 6.07 Å². The lowest BCUT2D eigenvalue weighted by Gasteiger charge is -2.34. The standard InChI is InChI=1S/C18H20FN3O2S/c1-13(23)20-14-4-5-17(19)16(11-14)18(24)22-8-6-21(7-9-22)12-15-3-2-10-25-15/h2-5,10-11H,6-9,12H2,1H3,(H,20,23). The molecule has 5 nitrogen and oxygen atoms in total. The van der Waals surface area contributed by atoms with Crippen molar-refractivity contribution in [2.45, 2.75) is 13.5 Å². The van der Waals surface area contributed by atoms with Crippen molar-refractivity contribution in [3.63, 3.8) is 0 Å². The molecule has 132 valence electrons. The zero-order chi connectivity index (χ0) is 17.8. The Balaban J connectivity index is 1.63. The molecule has 1 aromatic carbocycles. The zero-order valence-electron chi connectivity index (χ0n) is 14.0. The topological polar surface area (TPSA) is 52.7 Å². The lowest BCUT2D eigenvalue weighted by molar-refractivity contribution is -0.114. The molecule has 1 saturated heterocycles. The average molecular weight is 361 g/mol. The van der Waals surface area contributed by atoms with Crippen molar-refractivity contribution in [3.8, 4) is 0 Å². The lowest BCUT2D eigenvalue weighted by atomic mass is 10.1. The van der Waals surface area contributed by atoms with Gasteiger partial charge in [0.15, 0.2) is 0 Å². The predicted octanol–water partition coefficient (Wildman–Crippen LogP) is 2.80. The van der Waals surface area contributed by atoms with E-state index in [2.05, 4.69) is 21.7 Å². The number of nitrogens with one attached hydrogen (secondary N) is 1. The minimum atomic E-state index is -0.569. The Hall–Kier alpha value is -2.25. The summed E-state index contributed by atoms with van der Waals surface area (Å²) in [5.74, 6) is -1.16. The van der Waals surface area contributed by atoms with Crippen LogP contribution >= 0.6 is 11.3 Å². The van der Waals surface area contributed by atoms with Crippen LogP contribution in [0.1, 0.15) is 22.2 Å². The number of piperazine rings is 1. The van der Waals surface area contributed by atoms with E-state index < -0.39 is 5.82 Å². The zero-order valence-corrected chi connectivity index (χ0v) is 14.8. The molecule has 0 atom stereocenters. The number of halogens is 1. The minimum absolute atomic E-state index is 0.00189. The van der Waals surface area contributed by atoms with E-state index in [1.165, 1.54) is 30.0 Å². The van der Waals surface area contributed by atoms with Crippen LogP contribution in [0.2, 0.25) is 0 Å². The summed E-state index contributed by atoms with van der Waals surface area (Å²) in [6.45, 7) is 4.90. The van der Waals surface area contributed by atoms with Crippen LogP contribution in [0.15, 0.2) is 35.7 Å². The van der Waals surface area contributed by atoms with E-state index in [0.717, 1.165) is 19.6 Å². The molecule has 2 amide bonds. The molecule has 1 N–H and O–H groups in total. The maximum Gasteiger partial charge on any atom is 0.256 e. The molecule has 1 aliphatic rings. The highest BCUT2D eigenvalue weighted by Crippen LogP contribution is 2.19. The molecule has 1 aromatic heterocycles. The average Bonchev–Trinajstić information content (AvgIpc) is 3.09. The molecule has 2 aromatic rings. The summed E-state index contributed by atoms with van der Waals surface area (Å²) >= 11 is 1.72. The van der Waals surface area contributed by atoms with Gasteiger partial charge in [0.05, 0.1) is 5.56 Å². The van der Waals surface area contributed by atoms with Gasteiger partial charge in [0.25, 0.3) is 5.91 Å². The van der Waals surface area contributed by atoms with Gasteiger partial charge in [-0.15, -0.1) is 11.3 Å². The van der Waals surface area contributed by atoms with Crippen LogP contribution < -0.4 is 5.32 Å². The fourth-order valence-electron chi connectivity index (χ4n) is 2.87. The number of carbonyl (C=O) groups is 2. The summed E-state index contributed by atoms with van der Waals surface area (Å²) in [4.78, 5) is 29.0. The largest absolute Gasteiger partial charge is 0.336 e. The fraction of sp³-hybridized carbons (Fsp3) is 0.333. The second-order valence-electron chi connectivity index (χ2n) is 6.02. The second-order valence-corrected chi connectivity index (χ2v) is 7.06. The van der Waals surface area contributed by atoms with Crippen LogP contribution in [0.25, 0.3) is 0 Å². The quantitative estimate of drug-likeness (QED) is 0.911. The van der Waals surface area contributed by atoms with Crippen LogP contribution in [-0.4, -0.2) is 47.8 Å². The summed E-state index contributed by atoms with van der Waals surface area (Å²) in [5, 5.41) is 4.63. The van der Waals surface area contributed by atoms with Gasteiger partial charge in [-0.3, -0.25) is 14.5 Å². The second kappa shape index (κ2) is 7.76. The minimum Gasteiger partial charge on any atom is -0.336 e. The van der Waals surface area contributed by atoms with Crippen LogP contribution in [0.5, 0.6) is 0 Å². The smallest absolute Gasteiger partial charge is 0.256 e. The molecule has 0 bridgehead atoms. The van der Waals surface area contributed by atoms with Crippen molar-refractivity contribution in [2.24, 2.45) is 0 Å². The number of nitrogens with zero attached hydrogens (tertiary/aromatic N) is 2. The number of amides is 2. The van der Waals surface area contributed by atoms with Crippen LogP contribution in [0, 0.1) is 5.82 Å². The summed E-state index contributed by atoms with van der Waals surface area (Å²) in [5.41, 5.74) is 0.423. The van der Waals surface area contributed by atoms with E-state index in [9.17, 15) is 14.0 Å². The molecule has 1 aliphatic heterocycles. The van der Waals surface area contributed by atoms with Crippen molar-refractivity contribution in [3.05, 3.63) is 52.0 Å². The van der Waals surface area contributed by atoms with Crippen molar-refractivity contribution >= 4 is 28.8 Å². The van der Waals surface area contributed by atoms with Crippen molar-refractivity contribution in [2.75, 3.05) is 31.5 Å². The Morgan fingerprint density at radius 3 is 2.60 bits per heavy atom. The molecule has 0 radical (unpaired) electrons. The maximum absolute atomic E-state index is 14.1. The molecule has 3 rings (SSSR count). The monoisotopic (exact) mass is 361 g/mol. The molecular formula is C18H20FN3O2S. The molecule has 0 unspecified atom stereocenters. The van der Waals surface area contributed by atoms with Crippen molar-refractivity contribution in [1.29, 1.82) is 0 Å². The van der Waals surface area contributed by atoms with Crippen LogP contribution in [-0.2, 0) is 11.3 Å². The first-order valence-electron chi connectivity index (χ1n) is 8.14. The molecule has 1 fully saturated rings. The summed E-state index contributed by atoms with van der Waals surface area (Å²) in [6, 6.07) is 8.20. The van der Waals surface area contributed by atoms with E-state index in [1.54, 1.807) is 16.2 Å². The Labute approximate surface area is 150 Å². The Morgan fingerprint density at radius 2 is 1.96 bits per heavy atom. The van der Waals surface area contributed by atoms with Crippen LogP contribution in [0.3, 0.4) is 0 Å². The summed E-state index contributed by atoms with van der Waals surface area (Å²) in [6.07, 6.45) is 0. The molecule has 0 spiro atoms. The van der Waals surface area contributed by atoms with Gasteiger partial charge in [0, 0.05) is 50.2 Å². The van der Waals surface area contributed by atoms with Crippen molar-refractivity contribution < 1.29 is 14.0 Å². The normalized spacial score (nSPS) is 15.2. The molecular weight excluding hydrogens is 341 g/mol. The number of benzene rings is 1. The lowest BCUT2D eigenvalue weighted by Crippen LogP contribution is -2.48. The Bertz CT molecular complexity index is 756. The Kier molecular flexibility index (Phi) is 5.45. The highest BCUT2D eigenvalue weighted by Gasteiger charge is 2.24. The first-order valence-corrected chi connectivity index (χ1v) is 9.02. The first kappa shape index (κ1) is 17.6. The highest BCUT2D eigenvalue weighted by atomic mass is 32.1. The predicted molar refractivity (Wildman–Crippen MR) is 96.2 cm³/mol. The number of anilines is 1. The van der Waals surface area contributed by atoms with Gasteiger partial charge in [0.1, 0.15) is 5.82 Å². The summed E-state index contributed by atoms with van der Waals surface area (Å²) < 4.78 is 14.1. The number of hydrogen-bond acceptors (Lipinski definition) is 4. The van der Waals surface area contributed by atoms with Gasteiger partial charge < -0.3 is 10.2 Å². The molecule has 0 saturated carbocycles. The van der Waals surface area contributed by atoms with Gasteiger partial charge in [-0.05, 0) is 29.6 Å². The number of carbonyl (C=O) groups excluding carboxylic acids is 2. The van der Waals surface area contributed by atoms with E-state index in [0.29, 0.717) is 18.8 Å². The Morgan fingerprint density at radius 1 is 1.20 bits per heavy atom. The summed E-state index contributed by atoms with van der Waals surface area (Å²) in [7, 11) is 0. The fourth-order valence-corrected chi connectivity index (χ4v) is 3.62. The number of thiophene rings is 1. The van der Waals surface area contributed by atoms with E-state index in [4.69, 9.17) is 0 Å². The van der Waals surface area contributed by atoms with E-state index in [-0.39, 0.29) is 17.4 Å². The third kappa shape index (κ3) is 4.43. The molecule has 7 heteroatoms. The number of rotatable bonds is 4. The van der Waals surface area contributed by atoms with E-state index >= 15 is 0 Å². The first-order chi connectivity index (χ1) is 12.0. The van der Waals surface area contributed by atoms with Crippen molar-refractivity contribution in [1.82, 2.24) is 9.80 Å². The van der Waals surface area contributed by atoms with Gasteiger partial charge in [0.2, 0.25) is 5.91 Å². The maximum atomic E-state index is 14.1. The van der Waals surface area contributed by atoms with Gasteiger partial charge in [-0.2, -0.15) is 0 Å². The third-order valence-corrected chi connectivity index (χ3v) is 5.00. The van der Waals surface area contributed by atoms with Gasteiger partial charge in [-0.25, -0.2) is 4.39 Å².